The second kappa shape index (κ2) is 8.35. The van der Waals surface area contributed by atoms with E-state index in [0.717, 1.165) is 36.8 Å². The maximum atomic E-state index is 11.8. The molecule has 1 rings (SSSR count). The number of anilines is 1. The number of hydrogen-bond donors (Lipinski definition) is 2. The molecule has 2 amide bonds. The van der Waals surface area contributed by atoms with Gasteiger partial charge in [0.25, 0.3) is 0 Å². The molecule has 0 aromatic heterocycles. The van der Waals surface area contributed by atoms with Crippen LogP contribution in [-0.2, 0) is 9.59 Å². The van der Waals surface area contributed by atoms with E-state index in [1.807, 2.05) is 26.0 Å². The SMILES string of the molecule is CCCCCCNC(=O)C(=O)Nc1cccc(C)c1C. The highest BCUT2D eigenvalue weighted by atomic mass is 16.2. The van der Waals surface area contributed by atoms with Crippen LogP contribution >= 0.6 is 0 Å². The van der Waals surface area contributed by atoms with Crippen molar-refractivity contribution in [2.24, 2.45) is 0 Å². The van der Waals surface area contributed by atoms with Gasteiger partial charge in [-0.05, 0) is 37.5 Å². The van der Waals surface area contributed by atoms with E-state index >= 15 is 0 Å². The zero-order valence-electron chi connectivity index (χ0n) is 12.6. The molecule has 0 bridgehead atoms. The smallest absolute Gasteiger partial charge is 0.313 e. The van der Waals surface area contributed by atoms with Gasteiger partial charge in [0, 0.05) is 12.2 Å². The molecule has 110 valence electrons. The molecule has 0 saturated heterocycles. The maximum absolute atomic E-state index is 11.8. The summed E-state index contributed by atoms with van der Waals surface area (Å²) in [6, 6.07) is 5.63. The Bertz CT molecular complexity index is 470. The van der Waals surface area contributed by atoms with Crippen LogP contribution in [0, 0.1) is 13.8 Å². The fourth-order valence-corrected chi connectivity index (χ4v) is 1.90. The molecule has 0 heterocycles. The average molecular weight is 276 g/mol. The fraction of sp³-hybridized carbons (Fsp3) is 0.500. The lowest BCUT2D eigenvalue weighted by molar-refractivity contribution is -0.136. The van der Waals surface area contributed by atoms with Crippen LogP contribution in [-0.4, -0.2) is 18.4 Å². The van der Waals surface area contributed by atoms with Crippen LogP contribution in [0.1, 0.15) is 43.7 Å². The highest BCUT2D eigenvalue weighted by molar-refractivity contribution is 6.39. The van der Waals surface area contributed by atoms with Gasteiger partial charge in [-0.25, -0.2) is 0 Å². The Hall–Kier alpha value is -1.84. The number of unbranched alkanes of at least 4 members (excludes halogenated alkanes) is 3. The third-order valence-corrected chi connectivity index (χ3v) is 3.37. The summed E-state index contributed by atoms with van der Waals surface area (Å²) in [5.41, 5.74) is 2.76. The van der Waals surface area contributed by atoms with Gasteiger partial charge in [0.1, 0.15) is 0 Å². The van der Waals surface area contributed by atoms with Gasteiger partial charge in [-0.15, -0.1) is 0 Å². The fourth-order valence-electron chi connectivity index (χ4n) is 1.90. The molecular weight excluding hydrogens is 252 g/mol. The summed E-state index contributed by atoms with van der Waals surface area (Å²) in [5.74, 6) is -1.17. The van der Waals surface area contributed by atoms with E-state index in [4.69, 9.17) is 0 Å². The molecule has 1 aromatic carbocycles. The van der Waals surface area contributed by atoms with Gasteiger partial charge in [-0.3, -0.25) is 9.59 Å². The minimum absolute atomic E-state index is 0.555. The third kappa shape index (κ3) is 5.03. The zero-order chi connectivity index (χ0) is 15.0. The van der Waals surface area contributed by atoms with Gasteiger partial charge in [-0.2, -0.15) is 0 Å². The maximum Gasteiger partial charge on any atom is 0.313 e. The second-order valence-electron chi connectivity index (χ2n) is 5.02. The molecule has 4 heteroatoms. The highest BCUT2D eigenvalue weighted by Gasteiger charge is 2.14. The molecule has 2 N–H and O–H groups in total. The van der Waals surface area contributed by atoms with E-state index in [0.29, 0.717) is 12.2 Å². The van der Waals surface area contributed by atoms with E-state index < -0.39 is 11.8 Å². The molecule has 0 aliphatic carbocycles. The van der Waals surface area contributed by atoms with E-state index in [1.54, 1.807) is 6.07 Å². The van der Waals surface area contributed by atoms with Crippen molar-refractivity contribution < 1.29 is 9.59 Å². The first-order valence-electron chi connectivity index (χ1n) is 7.21. The van der Waals surface area contributed by atoms with Crippen LogP contribution < -0.4 is 10.6 Å². The zero-order valence-corrected chi connectivity index (χ0v) is 12.6. The summed E-state index contributed by atoms with van der Waals surface area (Å²) < 4.78 is 0. The standard InChI is InChI=1S/C16H24N2O2/c1-4-5-6-7-11-17-15(19)16(20)18-14-10-8-9-12(2)13(14)3/h8-10H,4-7,11H2,1-3H3,(H,17,19)(H,18,20). The molecule has 0 aliphatic rings. The second-order valence-corrected chi connectivity index (χ2v) is 5.02. The van der Waals surface area contributed by atoms with E-state index in [1.165, 1.54) is 0 Å². The number of nitrogens with one attached hydrogen (secondary N) is 2. The summed E-state index contributed by atoms with van der Waals surface area (Å²) in [4.78, 5) is 23.4. The molecule has 1 aromatic rings. The number of amides is 2. The minimum atomic E-state index is -0.603. The van der Waals surface area contributed by atoms with Crippen molar-refractivity contribution in [1.29, 1.82) is 0 Å². The number of carbonyl (C=O) groups is 2. The monoisotopic (exact) mass is 276 g/mol. The van der Waals surface area contributed by atoms with Crippen LogP contribution in [0.4, 0.5) is 5.69 Å². The summed E-state index contributed by atoms with van der Waals surface area (Å²) in [6.45, 7) is 6.58. The number of rotatable bonds is 6. The Kier molecular flexibility index (Phi) is 6.77. The van der Waals surface area contributed by atoms with Crippen molar-refractivity contribution in [3.63, 3.8) is 0 Å². The van der Waals surface area contributed by atoms with E-state index in [-0.39, 0.29) is 0 Å². The Labute approximate surface area is 121 Å². The summed E-state index contributed by atoms with van der Waals surface area (Å²) in [5, 5.41) is 5.30. The Morgan fingerprint density at radius 2 is 1.80 bits per heavy atom. The van der Waals surface area contributed by atoms with Crippen molar-refractivity contribution in [3.8, 4) is 0 Å². The van der Waals surface area contributed by atoms with Crippen molar-refractivity contribution in [1.82, 2.24) is 5.32 Å². The lowest BCUT2D eigenvalue weighted by Crippen LogP contribution is -2.36. The highest BCUT2D eigenvalue weighted by Crippen LogP contribution is 2.17. The van der Waals surface area contributed by atoms with Crippen molar-refractivity contribution >= 4 is 17.5 Å². The van der Waals surface area contributed by atoms with Gasteiger partial charge in [0.15, 0.2) is 0 Å². The van der Waals surface area contributed by atoms with Crippen LogP contribution in [0.25, 0.3) is 0 Å². The lowest BCUT2D eigenvalue weighted by atomic mass is 10.1. The van der Waals surface area contributed by atoms with Crippen molar-refractivity contribution in [2.45, 2.75) is 46.5 Å². The van der Waals surface area contributed by atoms with E-state index in [2.05, 4.69) is 17.6 Å². The van der Waals surface area contributed by atoms with Crippen LogP contribution in [0.3, 0.4) is 0 Å². The first-order valence-corrected chi connectivity index (χ1v) is 7.21. The first kappa shape index (κ1) is 16.2. The van der Waals surface area contributed by atoms with Gasteiger partial charge in [0.05, 0.1) is 0 Å². The number of aryl methyl sites for hydroxylation is 1. The van der Waals surface area contributed by atoms with Crippen LogP contribution in [0.5, 0.6) is 0 Å². The third-order valence-electron chi connectivity index (χ3n) is 3.37. The molecule has 0 radical (unpaired) electrons. The van der Waals surface area contributed by atoms with E-state index in [9.17, 15) is 9.59 Å². The Morgan fingerprint density at radius 1 is 1.05 bits per heavy atom. The topological polar surface area (TPSA) is 58.2 Å². The van der Waals surface area contributed by atoms with Crippen molar-refractivity contribution in [3.05, 3.63) is 29.3 Å². The van der Waals surface area contributed by atoms with Gasteiger partial charge < -0.3 is 10.6 Å². The van der Waals surface area contributed by atoms with Gasteiger partial charge in [-0.1, -0.05) is 38.3 Å². The molecule has 4 nitrogen and oxygen atoms in total. The molecule has 0 saturated carbocycles. The van der Waals surface area contributed by atoms with Crippen LogP contribution in [0.2, 0.25) is 0 Å². The predicted molar refractivity (Wildman–Crippen MR) is 81.7 cm³/mol. The Morgan fingerprint density at radius 3 is 2.50 bits per heavy atom. The molecule has 0 aliphatic heterocycles. The predicted octanol–water partition coefficient (Wildman–Crippen LogP) is 2.94. The molecule has 0 spiro atoms. The van der Waals surface area contributed by atoms with Gasteiger partial charge in [0.2, 0.25) is 0 Å². The molecule has 0 atom stereocenters. The molecule has 20 heavy (non-hydrogen) atoms. The molecular formula is C16H24N2O2. The molecule has 0 unspecified atom stereocenters. The number of benzene rings is 1. The van der Waals surface area contributed by atoms with Crippen molar-refractivity contribution in [2.75, 3.05) is 11.9 Å². The lowest BCUT2D eigenvalue weighted by Gasteiger charge is -2.10. The summed E-state index contributed by atoms with van der Waals surface area (Å²) >= 11 is 0. The average Bonchev–Trinajstić information content (AvgIpc) is 2.43. The normalized spacial score (nSPS) is 10.2. The molecule has 0 fully saturated rings. The number of hydrogen-bond acceptors (Lipinski definition) is 2. The Balaban J connectivity index is 2.42. The summed E-state index contributed by atoms with van der Waals surface area (Å²) in [6.07, 6.45) is 4.30. The summed E-state index contributed by atoms with van der Waals surface area (Å²) in [7, 11) is 0. The quantitative estimate of drug-likeness (QED) is 0.620. The minimum Gasteiger partial charge on any atom is -0.348 e. The van der Waals surface area contributed by atoms with Gasteiger partial charge >= 0.3 is 11.8 Å². The largest absolute Gasteiger partial charge is 0.348 e. The first-order chi connectivity index (χ1) is 9.56. The van der Waals surface area contributed by atoms with Crippen LogP contribution in [0.15, 0.2) is 18.2 Å². The number of carbonyl (C=O) groups excluding carboxylic acids is 2.